The number of ether oxygens (including phenoxy) is 1. The molecule has 0 aliphatic rings. The van der Waals surface area contributed by atoms with E-state index in [9.17, 15) is 5.11 Å². The van der Waals surface area contributed by atoms with Gasteiger partial charge in [0.15, 0.2) is 0 Å². The van der Waals surface area contributed by atoms with Crippen LogP contribution in [0.1, 0.15) is 13.8 Å². The average molecular weight is 216 g/mol. The fourth-order valence-corrected chi connectivity index (χ4v) is 1.55. The van der Waals surface area contributed by atoms with Gasteiger partial charge in [-0.25, -0.2) is 0 Å². The van der Waals surface area contributed by atoms with Crippen molar-refractivity contribution in [2.24, 2.45) is 0 Å². The van der Waals surface area contributed by atoms with Gasteiger partial charge in [0, 0.05) is 0 Å². The molecule has 0 radical (unpaired) electrons. The van der Waals surface area contributed by atoms with Crippen molar-refractivity contribution in [1.29, 1.82) is 0 Å². The van der Waals surface area contributed by atoms with Gasteiger partial charge in [-0.05, 0) is 36.8 Å². The van der Waals surface area contributed by atoms with Crippen molar-refractivity contribution in [3.05, 3.63) is 42.5 Å². The van der Waals surface area contributed by atoms with Gasteiger partial charge in [0.1, 0.15) is 11.9 Å². The summed E-state index contributed by atoms with van der Waals surface area (Å²) >= 11 is 0. The highest BCUT2D eigenvalue weighted by Gasteiger charge is 2.10. The van der Waals surface area contributed by atoms with E-state index in [0.717, 1.165) is 11.1 Å². The number of fused-ring (bicyclic) bond motifs is 1. The molecule has 2 aromatic carbocycles. The van der Waals surface area contributed by atoms with E-state index >= 15 is 0 Å². The van der Waals surface area contributed by atoms with Crippen molar-refractivity contribution in [3.63, 3.8) is 0 Å². The van der Waals surface area contributed by atoms with Crippen molar-refractivity contribution >= 4 is 10.8 Å². The second-order valence-electron chi connectivity index (χ2n) is 4.07. The monoisotopic (exact) mass is 216 g/mol. The summed E-state index contributed by atoms with van der Waals surface area (Å²) in [6, 6.07) is 14.1. The molecule has 0 bridgehead atoms. The van der Waals surface area contributed by atoms with Gasteiger partial charge in [-0.3, -0.25) is 0 Å². The van der Waals surface area contributed by atoms with E-state index < -0.39 is 6.10 Å². The SMILES string of the molecule is CC(O)C(C)Oc1ccc2ccccc2c1. The normalized spacial score (nSPS) is 14.7. The van der Waals surface area contributed by atoms with Gasteiger partial charge in [-0.15, -0.1) is 0 Å². The highest BCUT2D eigenvalue weighted by molar-refractivity contribution is 5.83. The fraction of sp³-hybridized carbons (Fsp3) is 0.286. The predicted octanol–water partition coefficient (Wildman–Crippen LogP) is 2.99. The van der Waals surface area contributed by atoms with Crippen molar-refractivity contribution in [1.82, 2.24) is 0 Å². The number of benzene rings is 2. The molecule has 0 spiro atoms. The smallest absolute Gasteiger partial charge is 0.121 e. The molecule has 0 fully saturated rings. The quantitative estimate of drug-likeness (QED) is 0.854. The second kappa shape index (κ2) is 4.54. The summed E-state index contributed by atoms with van der Waals surface area (Å²) in [4.78, 5) is 0. The molecule has 2 atom stereocenters. The van der Waals surface area contributed by atoms with Crippen LogP contribution in [0.2, 0.25) is 0 Å². The molecule has 2 heteroatoms. The van der Waals surface area contributed by atoms with Gasteiger partial charge in [0.25, 0.3) is 0 Å². The van der Waals surface area contributed by atoms with Crippen LogP contribution in [0.4, 0.5) is 0 Å². The van der Waals surface area contributed by atoms with Crippen LogP contribution in [-0.2, 0) is 0 Å². The Morgan fingerprint density at radius 2 is 1.69 bits per heavy atom. The van der Waals surface area contributed by atoms with E-state index in [2.05, 4.69) is 12.1 Å². The van der Waals surface area contributed by atoms with Crippen LogP contribution in [0.15, 0.2) is 42.5 Å². The van der Waals surface area contributed by atoms with E-state index in [0.29, 0.717) is 0 Å². The molecule has 2 nitrogen and oxygen atoms in total. The number of aliphatic hydroxyl groups excluding tert-OH is 1. The van der Waals surface area contributed by atoms with Crippen LogP contribution in [-0.4, -0.2) is 17.3 Å². The van der Waals surface area contributed by atoms with Gasteiger partial charge >= 0.3 is 0 Å². The highest BCUT2D eigenvalue weighted by Crippen LogP contribution is 2.21. The van der Waals surface area contributed by atoms with Gasteiger partial charge in [-0.2, -0.15) is 0 Å². The van der Waals surface area contributed by atoms with E-state index in [4.69, 9.17) is 4.74 Å². The molecule has 0 amide bonds. The fourth-order valence-electron chi connectivity index (χ4n) is 1.55. The topological polar surface area (TPSA) is 29.5 Å². The van der Waals surface area contributed by atoms with Crippen LogP contribution in [0.3, 0.4) is 0 Å². The van der Waals surface area contributed by atoms with Gasteiger partial charge in [0.2, 0.25) is 0 Å². The molecule has 2 aromatic rings. The standard InChI is InChI=1S/C14H16O2/c1-10(15)11(2)16-14-8-7-12-5-3-4-6-13(12)9-14/h3-11,15H,1-2H3. The van der Waals surface area contributed by atoms with Crippen molar-refractivity contribution < 1.29 is 9.84 Å². The molecule has 2 rings (SSSR count). The van der Waals surface area contributed by atoms with Gasteiger partial charge < -0.3 is 9.84 Å². The molecular weight excluding hydrogens is 200 g/mol. The average Bonchev–Trinajstić information content (AvgIpc) is 2.28. The Kier molecular flexibility index (Phi) is 3.11. The third-order valence-electron chi connectivity index (χ3n) is 2.72. The van der Waals surface area contributed by atoms with Crippen molar-refractivity contribution in [2.75, 3.05) is 0 Å². The first-order valence-electron chi connectivity index (χ1n) is 5.50. The minimum atomic E-state index is -0.466. The molecule has 16 heavy (non-hydrogen) atoms. The van der Waals surface area contributed by atoms with Crippen LogP contribution in [0.25, 0.3) is 10.8 Å². The lowest BCUT2D eigenvalue weighted by Crippen LogP contribution is -2.25. The van der Waals surface area contributed by atoms with Crippen LogP contribution < -0.4 is 4.74 Å². The molecule has 84 valence electrons. The Bertz CT molecular complexity index is 477. The van der Waals surface area contributed by atoms with Crippen LogP contribution in [0, 0.1) is 0 Å². The Morgan fingerprint density at radius 1 is 1.00 bits per heavy atom. The lowest BCUT2D eigenvalue weighted by atomic mass is 10.1. The predicted molar refractivity (Wildman–Crippen MR) is 65.7 cm³/mol. The summed E-state index contributed by atoms with van der Waals surface area (Å²) in [5.41, 5.74) is 0. The van der Waals surface area contributed by atoms with Gasteiger partial charge in [-0.1, -0.05) is 30.3 Å². The van der Waals surface area contributed by atoms with E-state index in [1.165, 1.54) is 5.39 Å². The lowest BCUT2D eigenvalue weighted by molar-refractivity contribution is 0.0605. The zero-order chi connectivity index (χ0) is 11.5. The Hall–Kier alpha value is -1.54. The molecule has 0 saturated carbocycles. The third kappa shape index (κ3) is 2.34. The summed E-state index contributed by atoms with van der Waals surface area (Å²) in [5, 5.41) is 11.7. The summed E-state index contributed by atoms with van der Waals surface area (Å²) < 4.78 is 5.63. The Morgan fingerprint density at radius 3 is 2.38 bits per heavy atom. The van der Waals surface area contributed by atoms with Crippen LogP contribution in [0.5, 0.6) is 5.75 Å². The van der Waals surface area contributed by atoms with Crippen molar-refractivity contribution in [3.8, 4) is 5.75 Å². The van der Waals surface area contributed by atoms with E-state index in [1.807, 2.05) is 37.3 Å². The van der Waals surface area contributed by atoms with Crippen molar-refractivity contribution in [2.45, 2.75) is 26.1 Å². The van der Waals surface area contributed by atoms with Crippen LogP contribution >= 0.6 is 0 Å². The summed E-state index contributed by atoms with van der Waals surface area (Å²) in [6.45, 7) is 3.59. The number of hydrogen-bond donors (Lipinski definition) is 1. The zero-order valence-corrected chi connectivity index (χ0v) is 9.55. The second-order valence-corrected chi connectivity index (χ2v) is 4.07. The molecular formula is C14H16O2. The largest absolute Gasteiger partial charge is 0.488 e. The molecule has 0 aliphatic carbocycles. The summed E-state index contributed by atoms with van der Waals surface area (Å²) in [7, 11) is 0. The first-order chi connectivity index (χ1) is 7.66. The minimum absolute atomic E-state index is 0.193. The van der Waals surface area contributed by atoms with E-state index in [-0.39, 0.29) is 6.10 Å². The third-order valence-corrected chi connectivity index (χ3v) is 2.72. The number of aliphatic hydroxyl groups is 1. The lowest BCUT2D eigenvalue weighted by Gasteiger charge is -2.17. The zero-order valence-electron chi connectivity index (χ0n) is 9.55. The Balaban J connectivity index is 2.26. The number of hydrogen-bond acceptors (Lipinski definition) is 2. The Labute approximate surface area is 95.5 Å². The summed E-state index contributed by atoms with van der Waals surface area (Å²) in [6.07, 6.45) is -0.660. The minimum Gasteiger partial charge on any atom is -0.488 e. The van der Waals surface area contributed by atoms with Gasteiger partial charge in [0.05, 0.1) is 6.10 Å². The molecule has 1 N–H and O–H groups in total. The maximum absolute atomic E-state index is 9.37. The highest BCUT2D eigenvalue weighted by atomic mass is 16.5. The first kappa shape index (κ1) is 11.0. The maximum atomic E-state index is 9.37. The van der Waals surface area contributed by atoms with E-state index in [1.54, 1.807) is 6.92 Å². The molecule has 0 heterocycles. The first-order valence-corrected chi connectivity index (χ1v) is 5.50. The summed E-state index contributed by atoms with van der Waals surface area (Å²) in [5.74, 6) is 0.798. The maximum Gasteiger partial charge on any atom is 0.121 e. The molecule has 2 unspecified atom stereocenters. The molecule has 0 aliphatic heterocycles. The molecule has 0 aromatic heterocycles. The number of rotatable bonds is 3. The molecule has 0 saturated heterocycles.